The largest absolute Gasteiger partial charge is 0.382 e. The summed E-state index contributed by atoms with van der Waals surface area (Å²) in [6, 6.07) is 12.4. The van der Waals surface area contributed by atoms with Gasteiger partial charge in [-0.2, -0.15) is 5.26 Å². The van der Waals surface area contributed by atoms with Crippen LogP contribution in [-0.2, 0) is 0 Å². The first-order chi connectivity index (χ1) is 11.7. The van der Waals surface area contributed by atoms with E-state index in [0.29, 0.717) is 16.9 Å². The topological polar surface area (TPSA) is 121 Å². The second kappa shape index (κ2) is 6.73. The maximum Gasteiger partial charge on any atom is 0.171 e. The lowest BCUT2D eigenvalue weighted by molar-refractivity contribution is 0.204. The first kappa shape index (κ1) is 15.4. The van der Waals surface area contributed by atoms with Crippen LogP contribution in [0.25, 0.3) is 11.3 Å². The van der Waals surface area contributed by atoms with Gasteiger partial charge in [-0.1, -0.05) is 6.07 Å². The Morgan fingerprint density at radius 2 is 2.08 bits per heavy atom. The van der Waals surface area contributed by atoms with Crippen LogP contribution in [0.2, 0.25) is 0 Å². The van der Waals surface area contributed by atoms with Gasteiger partial charge in [-0.05, 0) is 30.3 Å². The molecular weight excluding hydrogens is 304 g/mol. The Kier molecular flexibility index (Phi) is 4.32. The summed E-state index contributed by atoms with van der Waals surface area (Å²) >= 11 is 0. The Balaban J connectivity index is 1.89. The number of pyridine rings is 1. The second-order valence-electron chi connectivity index (χ2n) is 5.01. The van der Waals surface area contributed by atoms with Crippen LogP contribution in [-0.4, -0.2) is 20.1 Å². The molecule has 2 aromatic heterocycles. The van der Waals surface area contributed by atoms with Crippen molar-refractivity contribution in [1.82, 2.24) is 15.0 Å². The normalized spacial score (nSPS) is 11.5. The van der Waals surface area contributed by atoms with Gasteiger partial charge in [-0.3, -0.25) is 4.98 Å². The van der Waals surface area contributed by atoms with Gasteiger partial charge in [0.15, 0.2) is 6.23 Å². The summed E-state index contributed by atoms with van der Waals surface area (Å²) in [5.41, 5.74) is 8.43. The fourth-order valence-corrected chi connectivity index (χ4v) is 2.17. The molecular formula is C17H14N6O. The molecule has 0 radical (unpaired) electrons. The first-order valence-corrected chi connectivity index (χ1v) is 7.15. The van der Waals surface area contributed by atoms with Gasteiger partial charge in [0, 0.05) is 23.6 Å². The third-order valence-electron chi connectivity index (χ3n) is 3.34. The van der Waals surface area contributed by atoms with Crippen molar-refractivity contribution in [3.05, 3.63) is 66.2 Å². The maximum atomic E-state index is 10.4. The number of hydrogen-bond donors (Lipinski definition) is 3. The molecule has 0 saturated carbocycles. The quantitative estimate of drug-likeness (QED) is 0.630. The van der Waals surface area contributed by atoms with Gasteiger partial charge in [-0.25, -0.2) is 9.97 Å². The van der Waals surface area contributed by atoms with Gasteiger partial charge in [0.1, 0.15) is 11.5 Å². The SMILES string of the molecule is N#Cc1cccc(NC(O)c2nc(-c3cccnc3)cnc2N)c1. The van der Waals surface area contributed by atoms with E-state index in [1.165, 1.54) is 6.20 Å². The maximum absolute atomic E-state index is 10.4. The van der Waals surface area contributed by atoms with Crippen molar-refractivity contribution < 1.29 is 5.11 Å². The molecule has 0 saturated heterocycles. The summed E-state index contributed by atoms with van der Waals surface area (Å²) in [7, 11) is 0. The average molecular weight is 318 g/mol. The molecule has 1 unspecified atom stereocenters. The predicted octanol–water partition coefficient (Wildman–Crippen LogP) is 2.10. The lowest BCUT2D eigenvalue weighted by Gasteiger charge is -2.16. The zero-order valence-electron chi connectivity index (χ0n) is 12.6. The number of aliphatic hydroxyl groups is 1. The lowest BCUT2D eigenvalue weighted by atomic mass is 10.2. The summed E-state index contributed by atoms with van der Waals surface area (Å²) in [4.78, 5) is 12.5. The number of anilines is 2. The number of nitriles is 1. The van der Waals surface area contributed by atoms with Crippen molar-refractivity contribution in [2.75, 3.05) is 11.1 Å². The fraction of sp³-hybridized carbons (Fsp3) is 0.0588. The Morgan fingerprint density at radius 3 is 2.83 bits per heavy atom. The van der Waals surface area contributed by atoms with E-state index in [1.807, 2.05) is 12.1 Å². The lowest BCUT2D eigenvalue weighted by Crippen LogP contribution is -2.15. The number of nitrogens with one attached hydrogen (secondary N) is 1. The monoisotopic (exact) mass is 318 g/mol. The molecule has 118 valence electrons. The summed E-state index contributed by atoms with van der Waals surface area (Å²) in [6.45, 7) is 0. The molecule has 0 fully saturated rings. The van der Waals surface area contributed by atoms with E-state index < -0.39 is 6.23 Å². The molecule has 1 aromatic carbocycles. The van der Waals surface area contributed by atoms with E-state index in [-0.39, 0.29) is 11.5 Å². The number of benzene rings is 1. The molecule has 2 heterocycles. The van der Waals surface area contributed by atoms with Crippen LogP contribution in [0, 0.1) is 11.3 Å². The van der Waals surface area contributed by atoms with Crippen molar-refractivity contribution >= 4 is 11.5 Å². The van der Waals surface area contributed by atoms with Crippen LogP contribution in [0.5, 0.6) is 0 Å². The Bertz CT molecular complexity index is 891. The van der Waals surface area contributed by atoms with Crippen LogP contribution in [0.15, 0.2) is 55.0 Å². The predicted molar refractivity (Wildman–Crippen MR) is 89.4 cm³/mol. The standard InChI is InChI=1S/C17H14N6O/c18-8-11-3-1-5-13(7-11)22-17(24)15-16(19)21-10-14(23-15)12-4-2-6-20-9-12/h1-7,9-10,17,22,24H,(H2,19,21). The zero-order valence-corrected chi connectivity index (χ0v) is 12.6. The van der Waals surface area contributed by atoms with Crippen LogP contribution in [0.4, 0.5) is 11.5 Å². The molecule has 24 heavy (non-hydrogen) atoms. The molecule has 3 aromatic rings. The number of hydrogen-bond acceptors (Lipinski definition) is 7. The number of rotatable bonds is 4. The van der Waals surface area contributed by atoms with Crippen LogP contribution in [0.1, 0.15) is 17.5 Å². The number of nitrogen functional groups attached to an aromatic ring is 1. The Morgan fingerprint density at radius 1 is 1.21 bits per heavy atom. The van der Waals surface area contributed by atoms with Crippen LogP contribution >= 0.6 is 0 Å². The molecule has 0 aliphatic rings. The average Bonchev–Trinajstić information content (AvgIpc) is 2.63. The summed E-state index contributed by atoms with van der Waals surface area (Å²) in [6.07, 6.45) is 3.68. The van der Waals surface area contributed by atoms with Gasteiger partial charge in [0.05, 0.1) is 23.5 Å². The third-order valence-corrected chi connectivity index (χ3v) is 3.34. The minimum atomic E-state index is -1.16. The van der Waals surface area contributed by atoms with Gasteiger partial charge in [0.2, 0.25) is 0 Å². The van der Waals surface area contributed by atoms with Crippen molar-refractivity contribution in [3.8, 4) is 17.3 Å². The second-order valence-corrected chi connectivity index (χ2v) is 5.01. The minimum absolute atomic E-state index is 0.124. The summed E-state index contributed by atoms with van der Waals surface area (Å²) in [5.74, 6) is 0.124. The summed E-state index contributed by atoms with van der Waals surface area (Å²) in [5, 5.41) is 22.2. The van der Waals surface area contributed by atoms with E-state index in [9.17, 15) is 5.11 Å². The minimum Gasteiger partial charge on any atom is -0.382 e. The first-order valence-electron chi connectivity index (χ1n) is 7.15. The smallest absolute Gasteiger partial charge is 0.171 e. The van der Waals surface area contributed by atoms with Gasteiger partial charge < -0.3 is 16.2 Å². The van der Waals surface area contributed by atoms with Crippen LogP contribution < -0.4 is 11.1 Å². The highest BCUT2D eigenvalue weighted by atomic mass is 16.3. The molecule has 0 bridgehead atoms. The van der Waals surface area contributed by atoms with Crippen molar-refractivity contribution in [2.24, 2.45) is 0 Å². The zero-order chi connectivity index (χ0) is 16.9. The van der Waals surface area contributed by atoms with Crippen molar-refractivity contribution in [2.45, 2.75) is 6.23 Å². The number of aliphatic hydroxyl groups excluding tert-OH is 1. The van der Waals surface area contributed by atoms with E-state index in [4.69, 9.17) is 11.0 Å². The highest BCUT2D eigenvalue weighted by molar-refractivity contribution is 5.59. The molecule has 0 spiro atoms. The highest BCUT2D eigenvalue weighted by Gasteiger charge is 2.15. The number of nitrogens with zero attached hydrogens (tertiary/aromatic N) is 4. The van der Waals surface area contributed by atoms with E-state index in [2.05, 4.69) is 20.3 Å². The fourth-order valence-electron chi connectivity index (χ4n) is 2.17. The molecule has 0 aliphatic carbocycles. The molecule has 0 aliphatic heterocycles. The Hall–Kier alpha value is -3.50. The highest BCUT2D eigenvalue weighted by Crippen LogP contribution is 2.23. The molecule has 0 amide bonds. The van der Waals surface area contributed by atoms with E-state index in [1.54, 1.807) is 42.7 Å². The Labute approximate surface area is 138 Å². The molecule has 1 atom stereocenters. The molecule has 7 nitrogen and oxygen atoms in total. The van der Waals surface area contributed by atoms with Crippen LogP contribution in [0.3, 0.4) is 0 Å². The number of aromatic nitrogens is 3. The van der Waals surface area contributed by atoms with Crippen molar-refractivity contribution in [3.63, 3.8) is 0 Å². The van der Waals surface area contributed by atoms with Gasteiger partial charge >= 0.3 is 0 Å². The van der Waals surface area contributed by atoms with Gasteiger partial charge in [-0.15, -0.1) is 0 Å². The van der Waals surface area contributed by atoms with Crippen molar-refractivity contribution in [1.29, 1.82) is 5.26 Å². The van der Waals surface area contributed by atoms with E-state index in [0.717, 1.165) is 5.56 Å². The summed E-state index contributed by atoms with van der Waals surface area (Å²) < 4.78 is 0. The van der Waals surface area contributed by atoms with E-state index >= 15 is 0 Å². The molecule has 4 N–H and O–H groups in total. The molecule has 3 rings (SSSR count). The number of nitrogens with two attached hydrogens (primary N) is 1. The molecule has 7 heteroatoms. The van der Waals surface area contributed by atoms with Gasteiger partial charge in [0.25, 0.3) is 0 Å². The third kappa shape index (κ3) is 3.29.